The van der Waals surface area contributed by atoms with Crippen LogP contribution in [0.1, 0.15) is 45.4 Å². The topological polar surface area (TPSA) is 176 Å². The SMILES string of the molecule is CCCCOC(=O)NC(N)(C(=O)O)C(CCCNC1NC=CCN1)C(=O)CC1CC=NO1. The molecule has 0 aromatic carbocycles. The zero-order chi connectivity index (χ0) is 23.4. The Morgan fingerprint density at radius 1 is 1.41 bits per heavy atom. The van der Waals surface area contributed by atoms with Gasteiger partial charge in [-0.2, -0.15) is 0 Å². The number of nitrogens with zero attached hydrogens (tertiary/aromatic N) is 1. The fraction of sp³-hybridized carbons (Fsp3) is 0.700. The highest BCUT2D eigenvalue weighted by atomic mass is 16.6. The van der Waals surface area contributed by atoms with E-state index in [1.807, 2.05) is 19.2 Å². The maximum Gasteiger partial charge on any atom is 0.409 e. The maximum atomic E-state index is 13.1. The van der Waals surface area contributed by atoms with E-state index in [9.17, 15) is 19.5 Å². The summed E-state index contributed by atoms with van der Waals surface area (Å²) in [4.78, 5) is 42.5. The van der Waals surface area contributed by atoms with E-state index < -0.39 is 35.5 Å². The minimum atomic E-state index is -2.32. The average Bonchev–Trinajstić information content (AvgIpc) is 3.27. The van der Waals surface area contributed by atoms with Gasteiger partial charge in [-0.15, -0.1) is 0 Å². The van der Waals surface area contributed by atoms with Crippen molar-refractivity contribution in [2.24, 2.45) is 16.8 Å². The zero-order valence-electron chi connectivity index (χ0n) is 18.3. The van der Waals surface area contributed by atoms with Crippen molar-refractivity contribution < 1.29 is 29.1 Å². The van der Waals surface area contributed by atoms with Crippen LogP contribution in [-0.4, -0.2) is 66.9 Å². The standard InChI is InChI=1S/C20H34N6O6/c1-2-3-12-31-19(30)26-20(21,17(28)29)15(16(27)13-14-7-11-25-32-14)6-4-8-22-18-23-9-5-10-24-18/h5,9,11,14-15,18,22-24H,2-4,6-8,10,12-13,21H2,1H3,(H,26,30)(H,28,29). The molecular formula is C20H34N6O6. The zero-order valence-corrected chi connectivity index (χ0v) is 18.3. The molecule has 32 heavy (non-hydrogen) atoms. The Bertz CT molecular complexity index is 694. The van der Waals surface area contributed by atoms with E-state index in [1.165, 1.54) is 0 Å². The number of rotatable bonds is 14. The highest BCUT2D eigenvalue weighted by molar-refractivity contribution is 5.93. The number of amides is 1. The number of ketones is 1. The Kier molecular flexibility index (Phi) is 10.4. The van der Waals surface area contributed by atoms with Gasteiger partial charge in [0, 0.05) is 25.6 Å². The number of hydrogen-bond acceptors (Lipinski definition) is 10. The number of ether oxygens (including phenoxy) is 1. The number of unbranched alkanes of at least 4 members (excludes halogenated alkanes) is 1. The molecule has 0 aliphatic carbocycles. The third-order valence-electron chi connectivity index (χ3n) is 5.25. The number of nitrogens with one attached hydrogen (secondary N) is 4. The summed E-state index contributed by atoms with van der Waals surface area (Å²) in [7, 11) is 0. The number of carbonyl (C=O) groups is 3. The predicted octanol–water partition coefficient (Wildman–Crippen LogP) is -0.0377. The number of hydrogen-bond donors (Lipinski definition) is 6. The maximum absolute atomic E-state index is 13.1. The molecule has 0 fully saturated rings. The molecule has 12 nitrogen and oxygen atoms in total. The molecule has 2 aliphatic rings. The molecule has 0 saturated carbocycles. The van der Waals surface area contributed by atoms with Crippen molar-refractivity contribution in [2.45, 2.75) is 63.5 Å². The van der Waals surface area contributed by atoms with Crippen molar-refractivity contribution in [1.82, 2.24) is 21.3 Å². The second-order valence-corrected chi connectivity index (χ2v) is 7.77. The molecule has 0 aromatic rings. The highest BCUT2D eigenvalue weighted by Crippen LogP contribution is 2.24. The summed E-state index contributed by atoms with van der Waals surface area (Å²) in [5, 5.41) is 25.2. The van der Waals surface area contributed by atoms with Crippen LogP contribution < -0.4 is 27.0 Å². The van der Waals surface area contributed by atoms with Crippen molar-refractivity contribution in [3.63, 3.8) is 0 Å². The van der Waals surface area contributed by atoms with Gasteiger partial charge in [-0.1, -0.05) is 24.6 Å². The lowest BCUT2D eigenvalue weighted by molar-refractivity contribution is -0.151. The predicted molar refractivity (Wildman–Crippen MR) is 116 cm³/mol. The summed E-state index contributed by atoms with van der Waals surface area (Å²) in [6.07, 6.45) is 6.13. The van der Waals surface area contributed by atoms with E-state index in [0.717, 1.165) is 6.42 Å². The van der Waals surface area contributed by atoms with E-state index in [0.29, 0.717) is 32.4 Å². The molecule has 7 N–H and O–H groups in total. The van der Waals surface area contributed by atoms with Crippen LogP contribution in [0.5, 0.6) is 0 Å². The lowest BCUT2D eigenvalue weighted by Crippen LogP contribution is -2.68. The summed E-state index contributed by atoms with van der Waals surface area (Å²) >= 11 is 0. The number of alkyl carbamates (subject to hydrolysis) is 1. The molecular weight excluding hydrogens is 420 g/mol. The van der Waals surface area contributed by atoms with Gasteiger partial charge in [0.15, 0.2) is 0 Å². The second kappa shape index (κ2) is 13.0. The first-order valence-corrected chi connectivity index (χ1v) is 10.9. The first-order chi connectivity index (χ1) is 15.4. The van der Waals surface area contributed by atoms with Gasteiger partial charge >= 0.3 is 12.1 Å². The molecule has 0 saturated heterocycles. The van der Waals surface area contributed by atoms with Gasteiger partial charge in [0.2, 0.25) is 5.66 Å². The molecule has 12 heteroatoms. The van der Waals surface area contributed by atoms with Crippen molar-refractivity contribution in [3.8, 4) is 0 Å². The molecule has 4 unspecified atom stereocenters. The van der Waals surface area contributed by atoms with E-state index in [-0.39, 0.29) is 25.7 Å². The number of carbonyl (C=O) groups excluding carboxylic acids is 2. The van der Waals surface area contributed by atoms with Crippen LogP contribution in [-0.2, 0) is 19.2 Å². The monoisotopic (exact) mass is 454 g/mol. The molecule has 2 rings (SSSR count). The Labute approximate surface area is 187 Å². The number of Topliss-reactive ketones (excluding diaryl/α,β-unsaturated/α-hetero) is 1. The summed E-state index contributed by atoms with van der Waals surface area (Å²) in [6.45, 7) is 3.26. The van der Waals surface area contributed by atoms with Gasteiger partial charge in [0.1, 0.15) is 18.2 Å². The fourth-order valence-electron chi connectivity index (χ4n) is 3.42. The summed E-state index contributed by atoms with van der Waals surface area (Å²) in [6, 6.07) is 0. The van der Waals surface area contributed by atoms with Gasteiger partial charge in [-0.25, -0.2) is 9.59 Å². The van der Waals surface area contributed by atoms with E-state index in [4.69, 9.17) is 15.3 Å². The highest BCUT2D eigenvalue weighted by Gasteiger charge is 2.48. The normalized spacial score (nSPS) is 22.3. The van der Waals surface area contributed by atoms with Crippen LogP contribution in [0.4, 0.5) is 4.79 Å². The quantitative estimate of drug-likeness (QED) is 0.154. The second-order valence-electron chi connectivity index (χ2n) is 7.77. The summed E-state index contributed by atoms with van der Waals surface area (Å²) in [5.41, 5.74) is 3.82. The number of carboxylic acids is 1. The van der Waals surface area contributed by atoms with Crippen molar-refractivity contribution in [2.75, 3.05) is 19.7 Å². The minimum Gasteiger partial charge on any atom is -0.478 e. The van der Waals surface area contributed by atoms with Gasteiger partial charge in [0.05, 0.1) is 12.5 Å². The lowest BCUT2D eigenvalue weighted by atomic mass is 9.82. The van der Waals surface area contributed by atoms with Crippen LogP contribution in [0.2, 0.25) is 0 Å². The number of nitrogens with two attached hydrogens (primary N) is 1. The largest absolute Gasteiger partial charge is 0.478 e. The van der Waals surface area contributed by atoms with Crippen LogP contribution in [0.3, 0.4) is 0 Å². The van der Waals surface area contributed by atoms with Crippen LogP contribution >= 0.6 is 0 Å². The van der Waals surface area contributed by atoms with E-state index >= 15 is 0 Å². The molecule has 0 aromatic heterocycles. The third-order valence-corrected chi connectivity index (χ3v) is 5.25. The Hall–Kier alpha value is -2.70. The van der Waals surface area contributed by atoms with Gasteiger partial charge in [-0.05, 0) is 32.0 Å². The molecule has 0 radical (unpaired) electrons. The molecule has 4 atom stereocenters. The molecule has 1 amide bonds. The van der Waals surface area contributed by atoms with Gasteiger partial charge in [-0.3, -0.25) is 26.5 Å². The Morgan fingerprint density at radius 2 is 2.22 bits per heavy atom. The summed E-state index contributed by atoms with van der Waals surface area (Å²) in [5.74, 6) is -3.12. The minimum absolute atomic E-state index is 0.0621. The Morgan fingerprint density at radius 3 is 2.84 bits per heavy atom. The Balaban J connectivity index is 2.03. The number of carboxylic acid groups (broad SMARTS) is 1. The van der Waals surface area contributed by atoms with Crippen LogP contribution in [0.15, 0.2) is 17.4 Å². The molecule has 2 heterocycles. The van der Waals surface area contributed by atoms with Crippen molar-refractivity contribution >= 4 is 24.1 Å². The third kappa shape index (κ3) is 7.77. The molecule has 2 aliphatic heterocycles. The first kappa shape index (κ1) is 25.6. The van der Waals surface area contributed by atoms with Crippen LogP contribution in [0.25, 0.3) is 0 Å². The first-order valence-electron chi connectivity index (χ1n) is 10.9. The summed E-state index contributed by atoms with van der Waals surface area (Å²) < 4.78 is 5.01. The fourth-order valence-corrected chi connectivity index (χ4v) is 3.42. The van der Waals surface area contributed by atoms with Gasteiger partial charge in [0.25, 0.3) is 0 Å². The average molecular weight is 455 g/mol. The number of aliphatic carboxylic acids is 1. The van der Waals surface area contributed by atoms with Gasteiger partial charge < -0.3 is 20.0 Å². The van der Waals surface area contributed by atoms with E-state index in [2.05, 4.69) is 26.4 Å². The lowest BCUT2D eigenvalue weighted by Gasteiger charge is -2.33. The molecule has 0 bridgehead atoms. The number of oxime groups is 1. The van der Waals surface area contributed by atoms with E-state index in [1.54, 1.807) is 6.21 Å². The molecule has 0 spiro atoms. The van der Waals surface area contributed by atoms with Crippen LogP contribution in [0, 0.1) is 5.92 Å². The van der Waals surface area contributed by atoms with Crippen molar-refractivity contribution in [1.29, 1.82) is 0 Å². The van der Waals surface area contributed by atoms with Crippen molar-refractivity contribution in [3.05, 3.63) is 12.3 Å². The molecule has 180 valence electrons. The smallest absolute Gasteiger partial charge is 0.409 e.